The van der Waals surface area contributed by atoms with Crippen molar-refractivity contribution in [3.05, 3.63) is 29.8 Å². The van der Waals surface area contributed by atoms with Crippen LogP contribution < -0.4 is 10.1 Å². The van der Waals surface area contributed by atoms with Gasteiger partial charge in [-0.3, -0.25) is 0 Å². The van der Waals surface area contributed by atoms with E-state index in [0.717, 1.165) is 17.9 Å². The van der Waals surface area contributed by atoms with Crippen LogP contribution in [0.1, 0.15) is 51.1 Å². The summed E-state index contributed by atoms with van der Waals surface area (Å²) in [6, 6.07) is 7.59. The predicted molar refractivity (Wildman–Crippen MR) is 76.0 cm³/mol. The molecular weight excluding hydrogens is 260 g/mol. The molecule has 112 valence electrons. The third-order valence-electron chi connectivity index (χ3n) is 3.88. The summed E-state index contributed by atoms with van der Waals surface area (Å²) >= 11 is 0. The van der Waals surface area contributed by atoms with Gasteiger partial charge in [0.1, 0.15) is 5.75 Å². The van der Waals surface area contributed by atoms with Crippen molar-refractivity contribution in [2.75, 3.05) is 0 Å². The molecule has 2 rings (SSSR count). The molecule has 20 heavy (non-hydrogen) atoms. The number of hydrogen-bond donors (Lipinski definition) is 1. The van der Waals surface area contributed by atoms with Gasteiger partial charge in [0, 0.05) is 12.1 Å². The zero-order valence-corrected chi connectivity index (χ0v) is 12.1. The van der Waals surface area contributed by atoms with Gasteiger partial charge in [-0.05, 0) is 43.4 Å². The Kier molecular flexibility index (Phi) is 5.35. The predicted octanol–water partition coefficient (Wildman–Crippen LogP) is 4.52. The van der Waals surface area contributed by atoms with E-state index in [4.69, 9.17) is 0 Å². The van der Waals surface area contributed by atoms with Crippen LogP contribution in [-0.2, 0) is 0 Å². The van der Waals surface area contributed by atoms with E-state index in [1.165, 1.54) is 19.3 Å². The molecule has 0 bridgehead atoms. The van der Waals surface area contributed by atoms with Gasteiger partial charge in [-0.25, -0.2) is 0 Å². The number of benzene rings is 1. The molecule has 1 aromatic carbocycles. The van der Waals surface area contributed by atoms with Gasteiger partial charge in [-0.2, -0.15) is 8.78 Å². The van der Waals surface area contributed by atoms with Gasteiger partial charge < -0.3 is 10.1 Å². The van der Waals surface area contributed by atoms with Crippen molar-refractivity contribution < 1.29 is 13.5 Å². The minimum absolute atomic E-state index is 0.139. The fourth-order valence-corrected chi connectivity index (χ4v) is 2.52. The van der Waals surface area contributed by atoms with E-state index >= 15 is 0 Å². The Labute approximate surface area is 119 Å². The van der Waals surface area contributed by atoms with E-state index in [1.807, 2.05) is 6.07 Å². The Hall–Kier alpha value is -1.16. The number of ether oxygens (including phenoxy) is 1. The number of halogens is 2. The smallest absolute Gasteiger partial charge is 0.387 e. The molecule has 0 radical (unpaired) electrons. The van der Waals surface area contributed by atoms with Crippen LogP contribution in [0.5, 0.6) is 5.75 Å². The second kappa shape index (κ2) is 7.02. The van der Waals surface area contributed by atoms with Crippen LogP contribution in [-0.4, -0.2) is 12.7 Å². The zero-order chi connectivity index (χ0) is 14.5. The van der Waals surface area contributed by atoms with Crippen molar-refractivity contribution in [2.24, 2.45) is 5.92 Å². The largest absolute Gasteiger partial charge is 0.435 e. The third-order valence-corrected chi connectivity index (χ3v) is 3.88. The van der Waals surface area contributed by atoms with Gasteiger partial charge in [-0.15, -0.1) is 0 Å². The fraction of sp³-hybridized carbons (Fsp3) is 0.625. The molecule has 1 aliphatic carbocycles. The molecular formula is C16H23F2NO. The Bertz CT molecular complexity index is 421. The summed E-state index contributed by atoms with van der Waals surface area (Å²) in [7, 11) is 0. The van der Waals surface area contributed by atoms with Crippen LogP contribution in [0, 0.1) is 5.92 Å². The molecule has 1 N–H and O–H groups in total. The molecule has 2 nitrogen and oxygen atoms in total. The lowest BCUT2D eigenvalue weighted by molar-refractivity contribution is -0.0499. The lowest BCUT2D eigenvalue weighted by Gasteiger charge is -2.23. The first kappa shape index (κ1) is 15.2. The second-order valence-electron chi connectivity index (χ2n) is 5.62. The van der Waals surface area contributed by atoms with Crippen molar-refractivity contribution >= 4 is 0 Å². The highest BCUT2D eigenvalue weighted by molar-refractivity contribution is 5.30. The van der Waals surface area contributed by atoms with E-state index in [1.54, 1.807) is 18.2 Å². The zero-order valence-electron chi connectivity index (χ0n) is 12.1. The second-order valence-corrected chi connectivity index (χ2v) is 5.62. The third kappa shape index (κ3) is 4.75. The first-order valence-electron chi connectivity index (χ1n) is 7.39. The molecule has 0 heterocycles. The molecule has 1 saturated carbocycles. The molecule has 2 atom stereocenters. The van der Waals surface area contributed by atoms with Crippen molar-refractivity contribution in [1.82, 2.24) is 5.32 Å². The van der Waals surface area contributed by atoms with Gasteiger partial charge in [0.05, 0.1) is 0 Å². The molecule has 0 saturated heterocycles. The highest BCUT2D eigenvalue weighted by Crippen LogP contribution is 2.34. The summed E-state index contributed by atoms with van der Waals surface area (Å²) < 4.78 is 28.9. The van der Waals surface area contributed by atoms with Crippen LogP contribution in [0.25, 0.3) is 0 Å². The molecule has 1 fully saturated rings. The molecule has 0 amide bonds. The van der Waals surface area contributed by atoms with Crippen LogP contribution in [0.3, 0.4) is 0 Å². The summed E-state index contributed by atoms with van der Waals surface area (Å²) in [4.78, 5) is 0. The van der Waals surface area contributed by atoms with Crippen molar-refractivity contribution in [2.45, 2.75) is 58.2 Å². The summed E-state index contributed by atoms with van der Waals surface area (Å²) in [6.45, 7) is 1.48. The highest BCUT2D eigenvalue weighted by Gasteiger charge is 2.25. The molecule has 0 aliphatic heterocycles. The molecule has 4 heteroatoms. The van der Waals surface area contributed by atoms with E-state index in [0.29, 0.717) is 6.04 Å². The average Bonchev–Trinajstić information content (AvgIpc) is 3.21. The normalized spacial score (nSPS) is 18.1. The fourth-order valence-electron chi connectivity index (χ4n) is 2.52. The summed E-state index contributed by atoms with van der Waals surface area (Å²) in [6.07, 6.45) is 5.01. The van der Waals surface area contributed by atoms with Crippen molar-refractivity contribution in [3.63, 3.8) is 0 Å². The highest BCUT2D eigenvalue weighted by atomic mass is 19.3. The number of hydrogen-bond acceptors (Lipinski definition) is 2. The minimum Gasteiger partial charge on any atom is -0.435 e. The summed E-state index contributed by atoms with van der Waals surface area (Å²) in [5.41, 5.74) is 0.984. The molecule has 2 unspecified atom stereocenters. The topological polar surface area (TPSA) is 21.3 Å². The van der Waals surface area contributed by atoms with Crippen LogP contribution in [0.15, 0.2) is 24.3 Å². The Morgan fingerprint density at radius 1 is 1.35 bits per heavy atom. The van der Waals surface area contributed by atoms with Gasteiger partial charge in [-0.1, -0.05) is 31.9 Å². The lowest BCUT2D eigenvalue weighted by atomic mass is 10.0. The maximum atomic E-state index is 12.2. The maximum absolute atomic E-state index is 12.2. The average molecular weight is 283 g/mol. The van der Waals surface area contributed by atoms with Crippen molar-refractivity contribution in [3.8, 4) is 5.75 Å². The van der Waals surface area contributed by atoms with Gasteiger partial charge >= 0.3 is 6.61 Å². The number of rotatable bonds is 8. The maximum Gasteiger partial charge on any atom is 0.387 e. The summed E-state index contributed by atoms with van der Waals surface area (Å²) in [5, 5.41) is 3.59. The Balaban J connectivity index is 1.94. The van der Waals surface area contributed by atoms with Gasteiger partial charge in [0.15, 0.2) is 0 Å². The first-order valence-corrected chi connectivity index (χ1v) is 7.39. The Morgan fingerprint density at radius 3 is 2.70 bits per heavy atom. The monoisotopic (exact) mass is 283 g/mol. The number of nitrogens with one attached hydrogen (secondary N) is 1. The van der Waals surface area contributed by atoms with Crippen LogP contribution >= 0.6 is 0 Å². The first-order chi connectivity index (χ1) is 9.58. The van der Waals surface area contributed by atoms with Gasteiger partial charge in [0.2, 0.25) is 0 Å². The quantitative estimate of drug-likeness (QED) is 0.757. The minimum atomic E-state index is -2.77. The summed E-state index contributed by atoms with van der Waals surface area (Å²) in [5.74, 6) is 1.11. The standard InChI is InChI=1S/C16H23F2NO/c1-3-14(9-12-7-8-12)19-11(2)13-5-4-6-15(10-13)20-16(17)18/h4-6,10-12,14,16,19H,3,7-9H2,1-2H3. The molecule has 1 aromatic rings. The SMILES string of the molecule is CCC(CC1CC1)NC(C)c1cccc(OC(F)F)c1. The molecule has 0 aromatic heterocycles. The Morgan fingerprint density at radius 2 is 2.10 bits per heavy atom. The van der Waals surface area contributed by atoms with E-state index < -0.39 is 6.61 Å². The number of alkyl halides is 2. The molecule has 0 spiro atoms. The van der Waals surface area contributed by atoms with E-state index in [-0.39, 0.29) is 11.8 Å². The van der Waals surface area contributed by atoms with Crippen LogP contribution in [0.4, 0.5) is 8.78 Å². The lowest BCUT2D eigenvalue weighted by Crippen LogP contribution is -2.31. The van der Waals surface area contributed by atoms with E-state index in [9.17, 15) is 8.78 Å². The van der Waals surface area contributed by atoms with Gasteiger partial charge in [0.25, 0.3) is 0 Å². The molecule has 1 aliphatic rings. The van der Waals surface area contributed by atoms with Crippen LogP contribution in [0.2, 0.25) is 0 Å². The van der Waals surface area contributed by atoms with Crippen molar-refractivity contribution in [1.29, 1.82) is 0 Å². The van der Waals surface area contributed by atoms with E-state index in [2.05, 4.69) is 23.9 Å².